The summed E-state index contributed by atoms with van der Waals surface area (Å²) in [6.07, 6.45) is 3.01. The topological polar surface area (TPSA) is 33.5 Å². The van der Waals surface area contributed by atoms with Crippen LogP contribution < -0.4 is 10.2 Å². The SMILES string of the molecule is CCC(C)(C)NC(=O)C[NH+](C)Cc1ccc(SC)cc1. The Morgan fingerprint density at radius 2 is 1.90 bits per heavy atom. The first-order valence-electron chi connectivity index (χ1n) is 7.11. The van der Waals surface area contributed by atoms with Gasteiger partial charge in [-0.1, -0.05) is 19.1 Å². The first-order valence-corrected chi connectivity index (χ1v) is 8.34. The van der Waals surface area contributed by atoms with Gasteiger partial charge in [0.15, 0.2) is 6.54 Å². The number of nitrogens with one attached hydrogen (secondary N) is 2. The lowest BCUT2D eigenvalue weighted by Gasteiger charge is -2.25. The first kappa shape index (κ1) is 17.1. The van der Waals surface area contributed by atoms with Crippen molar-refractivity contribution in [3.8, 4) is 0 Å². The van der Waals surface area contributed by atoms with Crippen LogP contribution in [-0.4, -0.2) is 31.3 Å². The van der Waals surface area contributed by atoms with Crippen LogP contribution >= 0.6 is 11.8 Å². The first-order chi connectivity index (χ1) is 9.36. The number of carbonyl (C=O) groups is 1. The molecule has 1 rings (SSSR count). The molecule has 1 unspecified atom stereocenters. The van der Waals surface area contributed by atoms with Crippen LogP contribution in [0.4, 0.5) is 0 Å². The minimum Gasteiger partial charge on any atom is -0.346 e. The summed E-state index contributed by atoms with van der Waals surface area (Å²) in [5, 5.41) is 3.08. The summed E-state index contributed by atoms with van der Waals surface area (Å²) in [6, 6.07) is 8.55. The number of carbonyl (C=O) groups excluding carboxylic acids is 1. The molecule has 1 amide bonds. The van der Waals surface area contributed by atoms with Gasteiger partial charge in [0.2, 0.25) is 0 Å². The molecular formula is C16H27N2OS+. The second kappa shape index (κ2) is 7.70. The van der Waals surface area contributed by atoms with Crippen LogP contribution in [-0.2, 0) is 11.3 Å². The van der Waals surface area contributed by atoms with Gasteiger partial charge in [-0.2, -0.15) is 0 Å². The number of thioether (sulfide) groups is 1. The third-order valence-corrected chi connectivity index (χ3v) is 4.23. The fourth-order valence-corrected chi connectivity index (χ4v) is 2.35. The normalized spacial score (nSPS) is 13.1. The number of hydrogen-bond acceptors (Lipinski definition) is 2. The molecule has 0 aliphatic carbocycles. The van der Waals surface area contributed by atoms with Gasteiger partial charge in [-0.3, -0.25) is 4.79 Å². The van der Waals surface area contributed by atoms with Crippen LogP contribution in [0.5, 0.6) is 0 Å². The van der Waals surface area contributed by atoms with E-state index in [1.54, 1.807) is 11.8 Å². The Kier molecular flexibility index (Phi) is 6.56. The molecule has 0 aromatic heterocycles. The summed E-state index contributed by atoms with van der Waals surface area (Å²) in [5.74, 6) is 0.120. The van der Waals surface area contributed by atoms with Crippen LogP contribution in [0.3, 0.4) is 0 Å². The van der Waals surface area contributed by atoms with E-state index in [0.717, 1.165) is 13.0 Å². The average molecular weight is 295 g/mol. The molecule has 1 atom stereocenters. The highest BCUT2D eigenvalue weighted by atomic mass is 32.2. The minimum atomic E-state index is -0.114. The molecule has 2 N–H and O–H groups in total. The van der Waals surface area contributed by atoms with E-state index in [1.165, 1.54) is 15.4 Å². The maximum Gasteiger partial charge on any atom is 0.275 e. The third-order valence-electron chi connectivity index (χ3n) is 3.49. The zero-order valence-electron chi connectivity index (χ0n) is 13.2. The number of amides is 1. The largest absolute Gasteiger partial charge is 0.346 e. The lowest BCUT2D eigenvalue weighted by molar-refractivity contribution is -0.885. The Morgan fingerprint density at radius 3 is 2.40 bits per heavy atom. The molecule has 0 heterocycles. The van der Waals surface area contributed by atoms with Crippen molar-refractivity contribution < 1.29 is 9.69 Å². The Hall–Kier alpha value is -1.00. The molecule has 0 bridgehead atoms. The van der Waals surface area contributed by atoms with Gasteiger partial charge >= 0.3 is 0 Å². The molecule has 0 aliphatic rings. The summed E-state index contributed by atoms with van der Waals surface area (Å²) in [5.41, 5.74) is 1.15. The molecule has 20 heavy (non-hydrogen) atoms. The summed E-state index contributed by atoms with van der Waals surface area (Å²) < 4.78 is 0. The number of hydrogen-bond donors (Lipinski definition) is 2. The zero-order chi connectivity index (χ0) is 15.2. The van der Waals surface area contributed by atoms with Gasteiger partial charge in [0.25, 0.3) is 5.91 Å². The Morgan fingerprint density at radius 1 is 1.30 bits per heavy atom. The maximum atomic E-state index is 12.0. The highest BCUT2D eigenvalue weighted by Gasteiger charge is 2.20. The van der Waals surface area contributed by atoms with E-state index >= 15 is 0 Å². The number of rotatable bonds is 7. The van der Waals surface area contributed by atoms with Gasteiger partial charge in [0, 0.05) is 16.0 Å². The summed E-state index contributed by atoms with van der Waals surface area (Å²) in [6.45, 7) is 7.58. The fraction of sp³-hybridized carbons (Fsp3) is 0.562. The molecule has 3 nitrogen and oxygen atoms in total. The monoisotopic (exact) mass is 295 g/mol. The van der Waals surface area contributed by atoms with Gasteiger partial charge in [-0.15, -0.1) is 11.8 Å². The summed E-state index contributed by atoms with van der Waals surface area (Å²) in [4.78, 5) is 14.5. The van der Waals surface area contributed by atoms with Crippen molar-refractivity contribution in [3.63, 3.8) is 0 Å². The smallest absolute Gasteiger partial charge is 0.275 e. The number of likely N-dealkylation sites (N-methyl/N-ethyl adjacent to an activating group) is 1. The molecule has 1 aromatic rings. The van der Waals surface area contributed by atoms with Gasteiger partial charge in [0.1, 0.15) is 6.54 Å². The lowest BCUT2D eigenvalue weighted by Crippen LogP contribution is -3.09. The van der Waals surface area contributed by atoms with Crippen LogP contribution in [0, 0.1) is 0 Å². The molecule has 4 heteroatoms. The molecule has 0 radical (unpaired) electrons. The molecule has 1 aromatic carbocycles. The second-order valence-electron chi connectivity index (χ2n) is 5.94. The highest BCUT2D eigenvalue weighted by Crippen LogP contribution is 2.14. The predicted molar refractivity (Wildman–Crippen MR) is 86.2 cm³/mol. The van der Waals surface area contributed by atoms with Gasteiger partial charge in [-0.25, -0.2) is 0 Å². The van der Waals surface area contributed by atoms with Gasteiger partial charge in [0.05, 0.1) is 7.05 Å². The van der Waals surface area contributed by atoms with Crippen molar-refractivity contribution in [1.82, 2.24) is 5.32 Å². The van der Waals surface area contributed by atoms with Crippen molar-refractivity contribution in [2.24, 2.45) is 0 Å². The standard InChI is InChI=1S/C16H26N2OS/c1-6-16(2,3)17-15(19)12-18(4)11-13-7-9-14(20-5)10-8-13/h7-10H,6,11-12H2,1-5H3,(H,17,19)/p+1. The molecule has 0 spiro atoms. The molecule has 0 saturated carbocycles. The Labute approximate surface area is 127 Å². The molecule has 0 fully saturated rings. The zero-order valence-corrected chi connectivity index (χ0v) is 14.1. The molecule has 0 aliphatic heterocycles. The van der Waals surface area contributed by atoms with Gasteiger partial charge in [-0.05, 0) is 38.7 Å². The molecular weight excluding hydrogens is 268 g/mol. The van der Waals surface area contributed by atoms with Crippen molar-refractivity contribution in [1.29, 1.82) is 0 Å². The van der Waals surface area contributed by atoms with Crippen molar-refractivity contribution in [2.75, 3.05) is 19.8 Å². The van der Waals surface area contributed by atoms with Crippen LogP contribution in [0.1, 0.15) is 32.8 Å². The molecule has 0 saturated heterocycles. The number of quaternary nitrogens is 1. The van der Waals surface area contributed by atoms with E-state index in [1.807, 2.05) is 0 Å². The summed E-state index contributed by atoms with van der Waals surface area (Å²) >= 11 is 1.74. The van der Waals surface area contributed by atoms with Crippen molar-refractivity contribution in [3.05, 3.63) is 29.8 Å². The fourth-order valence-electron chi connectivity index (χ4n) is 1.94. The van der Waals surface area contributed by atoms with Crippen LogP contribution in [0.2, 0.25) is 0 Å². The van der Waals surface area contributed by atoms with E-state index in [9.17, 15) is 4.79 Å². The average Bonchev–Trinajstić information content (AvgIpc) is 2.38. The van der Waals surface area contributed by atoms with E-state index in [-0.39, 0.29) is 11.4 Å². The predicted octanol–water partition coefficient (Wildman–Crippen LogP) is 1.73. The third kappa shape index (κ3) is 5.97. The van der Waals surface area contributed by atoms with Crippen LogP contribution in [0.25, 0.3) is 0 Å². The quantitative estimate of drug-likeness (QED) is 0.751. The Bertz CT molecular complexity index is 429. The maximum absolute atomic E-state index is 12.0. The van der Waals surface area contributed by atoms with E-state index in [4.69, 9.17) is 0 Å². The number of benzene rings is 1. The minimum absolute atomic E-state index is 0.114. The lowest BCUT2D eigenvalue weighted by atomic mass is 10.0. The van der Waals surface area contributed by atoms with E-state index in [0.29, 0.717) is 6.54 Å². The molecule has 112 valence electrons. The Balaban J connectivity index is 2.46. The van der Waals surface area contributed by atoms with E-state index < -0.39 is 0 Å². The van der Waals surface area contributed by atoms with Crippen molar-refractivity contribution in [2.45, 2.75) is 44.2 Å². The van der Waals surface area contributed by atoms with Gasteiger partial charge < -0.3 is 10.2 Å². The summed E-state index contributed by atoms with van der Waals surface area (Å²) in [7, 11) is 2.06. The highest BCUT2D eigenvalue weighted by molar-refractivity contribution is 7.98. The second-order valence-corrected chi connectivity index (χ2v) is 6.82. The van der Waals surface area contributed by atoms with Crippen molar-refractivity contribution >= 4 is 17.7 Å². The van der Waals surface area contributed by atoms with E-state index in [2.05, 4.69) is 63.7 Å². The van der Waals surface area contributed by atoms with Crippen LogP contribution in [0.15, 0.2) is 29.2 Å².